The van der Waals surface area contributed by atoms with E-state index >= 15 is 0 Å². The van der Waals surface area contributed by atoms with Gasteiger partial charge in [-0.2, -0.15) is 0 Å². The molecule has 0 radical (unpaired) electrons. The number of aromatic nitrogens is 1. The zero-order chi connectivity index (χ0) is 13.4. The summed E-state index contributed by atoms with van der Waals surface area (Å²) in [4.78, 5) is 25.8. The SMILES string of the molecule is CCNC(=O)CCNCc1ccc(C(=O)O)cn1. The predicted octanol–water partition coefficient (Wildman–Crippen LogP) is 0.396. The first-order valence-electron chi connectivity index (χ1n) is 5.79. The van der Waals surface area contributed by atoms with Crippen LogP contribution in [0.1, 0.15) is 29.4 Å². The predicted molar refractivity (Wildman–Crippen MR) is 66.2 cm³/mol. The average Bonchev–Trinajstić information content (AvgIpc) is 2.35. The molecule has 1 heterocycles. The molecule has 0 saturated heterocycles. The van der Waals surface area contributed by atoms with Gasteiger partial charge in [0.25, 0.3) is 0 Å². The summed E-state index contributed by atoms with van der Waals surface area (Å²) in [5, 5.41) is 14.5. The van der Waals surface area contributed by atoms with Gasteiger partial charge in [0.05, 0.1) is 11.3 Å². The van der Waals surface area contributed by atoms with Crippen molar-refractivity contribution >= 4 is 11.9 Å². The maximum atomic E-state index is 11.1. The van der Waals surface area contributed by atoms with Crippen molar-refractivity contribution in [1.29, 1.82) is 0 Å². The van der Waals surface area contributed by atoms with E-state index in [1.54, 1.807) is 6.07 Å². The standard InChI is InChI=1S/C12H17N3O3/c1-2-14-11(16)5-6-13-8-10-4-3-9(7-15-10)12(17)18/h3-4,7,13H,2,5-6,8H2,1H3,(H,14,16)(H,17,18). The van der Waals surface area contributed by atoms with Crippen LogP contribution in [0.3, 0.4) is 0 Å². The van der Waals surface area contributed by atoms with Gasteiger partial charge in [-0.05, 0) is 19.1 Å². The Labute approximate surface area is 105 Å². The highest BCUT2D eigenvalue weighted by Crippen LogP contribution is 1.99. The number of nitrogens with zero attached hydrogens (tertiary/aromatic N) is 1. The lowest BCUT2D eigenvalue weighted by Crippen LogP contribution is -2.27. The molecule has 0 aliphatic heterocycles. The summed E-state index contributed by atoms with van der Waals surface area (Å²) in [5.74, 6) is -0.975. The Morgan fingerprint density at radius 2 is 2.17 bits per heavy atom. The number of amides is 1. The minimum absolute atomic E-state index is 0.0131. The Balaban J connectivity index is 2.27. The Morgan fingerprint density at radius 3 is 2.72 bits per heavy atom. The molecule has 0 bridgehead atoms. The van der Waals surface area contributed by atoms with Crippen LogP contribution in [0, 0.1) is 0 Å². The van der Waals surface area contributed by atoms with Crippen LogP contribution in [0.2, 0.25) is 0 Å². The number of rotatable bonds is 7. The molecule has 3 N–H and O–H groups in total. The maximum absolute atomic E-state index is 11.1. The van der Waals surface area contributed by atoms with Crippen molar-refractivity contribution in [1.82, 2.24) is 15.6 Å². The molecule has 0 atom stereocenters. The van der Waals surface area contributed by atoms with E-state index in [-0.39, 0.29) is 11.5 Å². The van der Waals surface area contributed by atoms with E-state index in [4.69, 9.17) is 5.11 Å². The van der Waals surface area contributed by atoms with Crippen LogP contribution in [0.25, 0.3) is 0 Å². The average molecular weight is 251 g/mol. The summed E-state index contributed by atoms with van der Waals surface area (Å²) in [6.07, 6.45) is 1.74. The number of hydrogen-bond donors (Lipinski definition) is 3. The summed E-state index contributed by atoms with van der Waals surface area (Å²) >= 11 is 0. The quantitative estimate of drug-likeness (QED) is 0.610. The molecule has 0 saturated carbocycles. The van der Waals surface area contributed by atoms with E-state index in [1.807, 2.05) is 6.92 Å². The molecule has 6 nitrogen and oxygen atoms in total. The molecule has 1 rings (SSSR count). The molecule has 1 aromatic heterocycles. The molecule has 0 aliphatic carbocycles. The van der Waals surface area contributed by atoms with Crippen LogP contribution in [0.15, 0.2) is 18.3 Å². The van der Waals surface area contributed by atoms with Gasteiger partial charge < -0.3 is 15.7 Å². The Kier molecular flexibility index (Phi) is 5.79. The summed E-state index contributed by atoms with van der Waals surface area (Å²) in [6.45, 7) is 3.59. The van der Waals surface area contributed by atoms with Crippen molar-refractivity contribution in [3.8, 4) is 0 Å². The van der Waals surface area contributed by atoms with Gasteiger partial charge in [-0.3, -0.25) is 9.78 Å². The van der Waals surface area contributed by atoms with Crippen molar-refractivity contribution in [3.63, 3.8) is 0 Å². The number of hydrogen-bond acceptors (Lipinski definition) is 4. The fourth-order valence-electron chi connectivity index (χ4n) is 1.36. The highest BCUT2D eigenvalue weighted by atomic mass is 16.4. The van der Waals surface area contributed by atoms with Crippen LogP contribution < -0.4 is 10.6 Å². The van der Waals surface area contributed by atoms with Crippen LogP contribution in [0.4, 0.5) is 0 Å². The summed E-state index contributed by atoms with van der Waals surface area (Å²) < 4.78 is 0. The van der Waals surface area contributed by atoms with Gasteiger partial charge in [0, 0.05) is 32.3 Å². The highest BCUT2D eigenvalue weighted by Gasteiger charge is 2.03. The van der Waals surface area contributed by atoms with Gasteiger partial charge in [-0.25, -0.2) is 4.79 Å². The Hall–Kier alpha value is -1.95. The van der Waals surface area contributed by atoms with Crippen molar-refractivity contribution in [2.45, 2.75) is 19.9 Å². The van der Waals surface area contributed by atoms with E-state index in [1.165, 1.54) is 12.3 Å². The molecule has 98 valence electrons. The largest absolute Gasteiger partial charge is 0.478 e. The summed E-state index contributed by atoms with van der Waals surface area (Å²) in [7, 11) is 0. The van der Waals surface area contributed by atoms with Crippen LogP contribution >= 0.6 is 0 Å². The van der Waals surface area contributed by atoms with E-state index in [0.29, 0.717) is 26.1 Å². The third-order valence-electron chi connectivity index (χ3n) is 2.28. The first kappa shape index (κ1) is 14.1. The molecular weight excluding hydrogens is 234 g/mol. The van der Waals surface area contributed by atoms with E-state index in [2.05, 4.69) is 15.6 Å². The topological polar surface area (TPSA) is 91.3 Å². The van der Waals surface area contributed by atoms with Crippen LogP contribution in [-0.2, 0) is 11.3 Å². The molecular formula is C12H17N3O3. The van der Waals surface area contributed by atoms with Gasteiger partial charge in [0.15, 0.2) is 0 Å². The van der Waals surface area contributed by atoms with Gasteiger partial charge in [-0.15, -0.1) is 0 Å². The monoisotopic (exact) mass is 251 g/mol. The fourth-order valence-corrected chi connectivity index (χ4v) is 1.36. The minimum atomic E-state index is -0.988. The van der Waals surface area contributed by atoms with Crippen molar-refractivity contribution in [2.24, 2.45) is 0 Å². The lowest BCUT2D eigenvalue weighted by molar-refractivity contribution is -0.120. The highest BCUT2D eigenvalue weighted by molar-refractivity contribution is 5.87. The van der Waals surface area contributed by atoms with E-state index < -0.39 is 5.97 Å². The van der Waals surface area contributed by atoms with Crippen LogP contribution in [-0.4, -0.2) is 35.1 Å². The number of carboxylic acid groups (broad SMARTS) is 1. The van der Waals surface area contributed by atoms with Gasteiger partial charge >= 0.3 is 5.97 Å². The van der Waals surface area contributed by atoms with Crippen LogP contribution in [0.5, 0.6) is 0 Å². The maximum Gasteiger partial charge on any atom is 0.337 e. The normalized spacial score (nSPS) is 10.1. The first-order valence-corrected chi connectivity index (χ1v) is 5.79. The molecule has 1 amide bonds. The summed E-state index contributed by atoms with van der Waals surface area (Å²) in [5.41, 5.74) is 0.914. The van der Waals surface area contributed by atoms with Crippen molar-refractivity contribution in [2.75, 3.05) is 13.1 Å². The third kappa shape index (κ3) is 4.92. The lowest BCUT2D eigenvalue weighted by Gasteiger charge is -2.05. The summed E-state index contributed by atoms with van der Waals surface area (Å²) in [6, 6.07) is 3.17. The second-order valence-electron chi connectivity index (χ2n) is 3.72. The number of nitrogens with one attached hydrogen (secondary N) is 2. The number of pyridine rings is 1. The second kappa shape index (κ2) is 7.39. The van der Waals surface area contributed by atoms with Crippen molar-refractivity contribution in [3.05, 3.63) is 29.6 Å². The van der Waals surface area contributed by atoms with Gasteiger partial charge in [-0.1, -0.05) is 0 Å². The van der Waals surface area contributed by atoms with Crippen molar-refractivity contribution < 1.29 is 14.7 Å². The first-order chi connectivity index (χ1) is 8.63. The molecule has 0 aromatic carbocycles. The minimum Gasteiger partial charge on any atom is -0.478 e. The molecule has 1 aromatic rings. The molecule has 0 fully saturated rings. The van der Waals surface area contributed by atoms with E-state index in [9.17, 15) is 9.59 Å². The molecule has 0 unspecified atom stereocenters. The smallest absolute Gasteiger partial charge is 0.337 e. The fraction of sp³-hybridized carbons (Fsp3) is 0.417. The number of carbonyl (C=O) groups excluding carboxylic acids is 1. The number of aromatic carboxylic acids is 1. The number of carbonyl (C=O) groups is 2. The molecule has 6 heteroatoms. The molecule has 0 spiro atoms. The number of carboxylic acids is 1. The Morgan fingerprint density at radius 1 is 1.39 bits per heavy atom. The zero-order valence-electron chi connectivity index (χ0n) is 10.3. The zero-order valence-corrected chi connectivity index (χ0v) is 10.3. The van der Waals surface area contributed by atoms with E-state index in [0.717, 1.165) is 5.69 Å². The molecule has 0 aliphatic rings. The second-order valence-corrected chi connectivity index (χ2v) is 3.72. The lowest BCUT2D eigenvalue weighted by atomic mass is 10.2. The molecule has 18 heavy (non-hydrogen) atoms. The van der Waals surface area contributed by atoms with Gasteiger partial charge in [0.2, 0.25) is 5.91 Å². The Bertz CT molecular complexity index is 404. The third-order valence-corrected chi connectivity index (χ3v) is 2.28. The van der Waals surface area contributed by atoms with Gasteiger partial charge in [0.1, 0.15) is 0 Å².